The van der Waals surface area contributed by atoms with Gasteiger partial charge in [-0.05, 0) is 12.0 Å². The normalized spacial score (nSPS) is 20.2. The number of nitrogens with one attached hydrogen (secondary N) is 1. The van der Waals surface area contributed by atoms with Gasteiger partial charge in [-0.15, -0.1) is 0 Å². The van der Waals surface area contributed by atoms with Gasteiger partial charge in [-0.2, -0.15) is 0 Å². The average molecular weight is 274 g/mol. The Balaban J connectivity index is 1.47. The Kier molecular flexibility index (Phi) is 3.34. The molecule has 0 unspecified atom stereocenters. The number of benzene rings is 1. The van der Waals surface area contributed by atoms with Gasteiger partial charge in [0.05, 0.1) is 0 Å². The van der Waals surface area contributed by atoms with E-state index in [1.807, 2.05) is 30.3 Å². The van der Waals surface area contributed by atoms with E-state index in [4.69, 9.17) is 4.74 Å². The van der Waals surface area contributed by atoms with E-state index in [0.29, 0.717) is 32.7 Å². The SMILES string of the molecule is O=C1CC2(CCN1)CN(C(=O)OCc1ccccc1)C2. The Morgan fingerprint density at radius 3 is 2.75 bits per heavy atom. The van der Waals surface area contributed by atoms with Crippen LogP contribution in [-0.2, 0) is 16.1 Å². The van der Waals surface area contributed by atoms with E-state index >= 15 is 0 Å². The highest BCUT2D eigenvalue weighted by atomic mass is 16.6. The monoisotopic (exact) mass is 274 g/mol. The van der Waals surface area contributed by atoms with Gasteiger partial charge in [0.25, 0.3) is 0 Å². The molecule has 20 heavy (non-hydrogen) atoms. The molecule has 0 aromatic heterocycles. The lowest BCUT2D eigenvalue weighted by Crippen LogP contribution is -2.62. The fourth-order valence-corrected chi connectivity index (χ4v) is 2.93. The molecule has 2 amide bonds. The molecule has 1 aromatic carbocycles. The molecular formula is C15H18N2O3. The van der Waals surface area contributed by atoms with Gasteiger partial charge < -0.3 is 15.0 Å². The second-order valence-electron chi connectivity index (χ2n) is 5.67. The Morgan fingerprint density at radius 2 is 2.05 bits per heavy atom. The smallest absolute Gasteiger partial charge is 0.410 e. The van der Waals surface area contributed by atoms with Gasteiger partial charge in [-0.3, -0.25) is 4.79 Å². The summed E-state index contributed by atoms with van der Waals surface area (Å²) >= 11 is 0. The van der Waals surface area contributed by atoms with E-state index < -0.39 is 0 Å². The summed E-state index contributed by atoms with van der Waals surface area (Å²) in [5, 5.41) is 2.82. The molecule has 2 fully saturated rings. The minimum atomic E-state index is -0.287. The van der Waals surface area contributed by atoms with Crippen LogP contribution >= 0.6 is 0 Å². The molecule has 2 saturated heterocycles. The van der Waals surface area contributed by atoms with Gasteiger partial charge in [-0.25, -0.2) is 4.79 Å². The Morgan fingerprint density at radius 1 is 1.30 bits per heavy atom. The van der Waals surface area contributed by atoms with Crippen molar-refractivity contribution in [1.82, 2.24) is 10.2 Å². The molecule has 1 N–H and O–H groups in total. The van der Waals surface area contributed by atoms with Crippen LogP contribution in [0.4, 0.5) is 4.79 Å². The van der Waals surface area contributed by atoms with Crippen molar-refractivity contribution in [2.24, 2.45) is 5.41 Å². The van der Waals surface area contributed by atoms with Crippen LogP contribution in [0.25, 0.3) is 0 Å². The summed E-state index contributed by atoms with van der Waals surface area (Å²) in [5.41, 5.74) is 0.974. The number of amides is 2. The molecule has 106 valence electrons. The third-order valence-corrected chi connectivity index (χ3v) is 4.03. The highest BCUT2D eigenvalue weighted by Gasteiger charge is 2.48. The second-order valence-corrected chi connectivity index (χ2v) is 5.67. The van der Waals surface area contributed by atoms with Crippen molar-refractivity contribution >= 4 is 12.0 Å². The molecule has 0 saturated carbocycles. The lowest BCUT2D eigenvalue weighted by atomic mass is 9.72. The van der Waals surface area contributed by atoms with Crippen molar-refractivity contribution in [1.29, 1.82) is 0 Å². The number of nitrogens with zero attached hydrogens (tertiary/aromatic N) is 1. The fourth-order valence-electron chi connectivity index (χ4n) is 2.93. The number of carbonyl (C=O) groups excluding carboxylic acids is 2. The van der Waals surface area contributed by atoms with Crippen LogP contribution < -0.4 is 5.32 Å². The van der Waals surface area contributed by atoms with E-state index in [-0.39, 0.29) is 17.4 Å². The van der Waals surface area contributed by atoms with Gasteiger partial charge in [0, 0.05) is 31.5 Å². The summed E-state index contributed by atoms with van der Waals surface area (Å²) in [5.74, 6) is 0.0913. The van der Waals surface area contributed by atoms with Crippen LogP contribution in [0, 0.1) is 5.41 Å². The molecule has 0 bridgehead atoms. The number of likely N-dealkylation sites (tertiary alicyclic amines) is 1. The summed E-state index contributed by atoms with van der Waals surface area (Å²) < 4.78 is 5.28. The lowest BCUT2D eigenvalue weighted by molar-refractivity contribution is -0.130. The number of carbonyl (C=O) groups is 2. The van der Waals surface area contributed by atoms with Gasteiger partial charge in [-0.1, -0.05) is 30.3 Å². The lowest BCUT2D eigenvalue weighted by Gasteiger charge is -2.50. The minimum absolute atomic E-state index is 0.00585. The Labute approximate surface area is 117 Å². The fraction of sp³-hybridized carbons (Fsp3) is 0.467. The third kappa shape index (κ3) is 2.61. The van der Waals surface area contributed by atoms with E-state index in [9.17, 15) is 9.59 Å². The van der Waals surface area contributed by atoms with Crippen molar-refractivity contribution in [2.45, 2.75) is 19.4 Å². The van der Waals surface area contributed by atoms with Gasteiger partial charge in [0.2, 0.25) is 5.91 Å². The predicted molar refractivity (Wildman–Crippen MR) is 72.9 cm³/mol. The number of hydrogen-bond donors (Lipinski definition) is 1. The van der Waals surface area contributed by atoms with E-state index in [1.165, 1.54) is 0 Å². The number of piperidine rings is 1. The maximum atomic E-state index is 11.9. The molecule has 0 atom stereocenters. The van der Waals surface area contributed by atoms with Crippen LogP contribution in [0.3, 0.4) is 0 Å². The highest BCUT2D eigenvalue weighted by Crippen LogP contribution is 2.39. The topological polar surface area (TPSA) is 58.6 Å². The molecule has 0 aliphatic carbocycles. The molecule has 1 aromatic rings. The summed E-state index contributed by atoms with van der Waals surface area (Å²) in [6.45, 7) is 2.28. The molecule has 1 spiro atoms. The van der Waals surface area contributed by atoms with E-state index in [0.717, 1.165) is 12.0 Å². The van der Waals surface area contributed by atoms with E-state index in [1.54, 1.807) is 4.90 Å². The summed E-state index contributed by atoms with van der Waals surface area (Å²) in [7, 11) is 0. The first-order chi connectivity index (χ1) is 9.67. The molecule has 0 radical (unpaired) electrons. The van der Waals surface area contributed by atoms with Crippen LogP contribution in [0.15, 0.2) is 30.3 Å². The molecule has 5 nitrogen and oxygen atoms in total. The van der Waals surface area contributed by atoms with Crippen LogP contribution in [0.2, 0.25) is 0 Å². The van der Waals surface area contributed by atoms with Crippen LogP contribution in [0.1, 0.15) is 18.4 Å². The Hall–Kier alpha value is -2.04. The minimum Gasteiger partial charge on any atom is -0.445 e. The van der Waals surface area contributed by atoms with Gasteiger partial charge in [0.15, 0.2) is 0 Å². The first-order valence-electron chi connectivity index (χ1n) is 6.89. The third-order valence-electron chi connectivity index (χ3n) is 4.03. The van der Waals surface area contributed by atoms with E-state index in [2.05, 4.69) is 5.32 Å². The number of hydrogen-bond acceptors (Lipinski definition) is 3. The Bertz CT molecular complexity index is 509. The summed E-state index contributed by atoms with van der Waals surface area (Å²) in [6, 6.07) is 9.62. The predicted octanol–water partition coefficient (Wildman–Crippen LogP) is 1.54. The van der Waals surface area contributed by atoms with Crippen molar-refractivity contribution in [3.05, 3.63) is 35.9 Å². The molecule has 5 heteroatoms. The maximum absolute atomic E-state index is 11.9. The standard InChI is InChI=1S/C15H18N2O3/c18-13-8-15(6-7-16-13)10-17(11-15)14(19)20-9-12-4-2-1-3-5-12/h1-5H,6-11H2,(H,16,18). The van der Waals surface area contributed by atoms with Crippen molar-refractivity contribution in [3.63, 3.8) is 0 Å². The molecule has 2 aliphatic heterocycles. The summed E-state index contributed by atoms with van der Waals surface area (Å²) in [4.78, 5) is 25.0. The van der Waals surface area contributed by atoms with Crippen molar-refractivity contribution in [2.75, 3.05) is 19.6 Å². The zero-order chi connectivity index (χ0) is 14.0. The largest absolute Gasteiger partial charge is 0.445 e. The maximum Gasteiger partial charge on any atom is 0.410 e. The average Bonchev–Trinajstić information content (AvgIpc) is 2.43. The van der Waals surface area contributed by atoms with Crippen LogP contribution in [-0.4, -0.2) is 36.5 Å². The second kappa shape index (κ2) is 5.15. The van der Waals surface area contributed by atoms with Gasteiger partial charge in [0.1, 0.15) is 6.61 Å². The van der Waals surface area contributed by atoms with Crippen LogP contribution in [0.5, 0.6) is 0 Å². The zero-order valence-electron chi connectivity index (χ0n) is 11.3. The molecular weight excluding hydrogens is 256 g/mol. The molecule has 2 heterocycles. The first-order valence-corrected chi connectivity index (χ1v) is 6.89. The number of rotatable bonds is 2. The van der Waals surface area contributed by atoms with Crippen molar-refractivity contribution in [3.8, 4) is 0 Å². The molecule has 2 aliphatic rings. The van der Waals surface area contributed by atoms with Gasteiger partial charge >= 0.3 is 6.09 Å². The summed E-state index contributed by atoms with van der Waals surface area (Å²) in [6.07, 6.45) is 1.18. The first kappa shape index (κ1) is 13.0. The number of ether oxygens (including phenoxy) is 1. The van der Waals surface area contributed by atoms with Crippen molar-refractivity contribution < 1.29 is 14.3 Å². The quantitative estimate of drug-likeness (QED) is 0.890. The zero-order valence-corrected chi connectivity index (χ0v) is 11.3. The highest BCUT2D eigenvalue weighted by molar-refractivity contribution is 5.78. The molecule has 3 rings (SSSR count).